The molecule has 0 spiro atoms. The molecular weight excluding hydrogens is 442 g/mol. The fourth-order valence-electron chi connectivity index (χ4n) is 4.42. The molecular formula is C25H29NO8. The molecule has 1 fully saturated rings. The van der Waals surface area contributed by atoms with E-state index in [1.807, 2.05) is 0 Å². The second-order valence-corrected chi connectivity index (χ2v) is 8.49. The maximum Gasteiger partial charge on any atom is 0.196 e. The van der Waals surface area contributed by atoms with E-state index in [1.165, 1.54) is 0 Å². The van der Waals surface area contributed by atoms with Crippen LogP contribution < -0.4 is 5.32 Å². The third kappa shape index (κ3) is 4.76. The Kier molecular flexibility index (Phi) is 7.72. The summed E-state index contributed by atoms with van der Waals surface area (Å²) in [6.45, 7) is 0.286. The van der Waals surface area contributed by atoms with Crippen molar-refractivity contribution in [1.29, 1.82) is 0 Å². The average Bonchev–Trinajstić information content (AvgIpc) is 3.14. The van der Waals surface area contributed by atoms with Crippen molar-refractivity contribution in [3.8, 4) is 0 Å². The van der Waals surface area contributed by atoms with Gasteiger partial charge >= 0.3 is 0 Å². The van der Waals surface area contributed by atoms with Crippen LogP contribution in [-0.2, 0) is 9.47 Å². The fraction of sp³-hybridized carbons (Fsp3) is 0.440. The van der Waals surface area contributed by atoms with Crippen molar-refractivity contribution in [2.75, 3.05) is 25.1 Å². The number of unbranched alkanes of at least 4 members (excludes halogenated alkanes) is 2. The van der Waals surface area contributed by atoms with Gasteiger partial charge in [0.2, 0.25) is 0 Å². The van der Waals surface area contributed by atoms with Crippen LogP contribution in [0.1, 0.15) is 51.1 Å². The van der Waals surface area contributed by atoms with Gasteiger partial charge < -0.3 is 35.2 Å². The molecule has 0 saturated carbocycles. The number of ketones is 2. The van der Waals surface area contributed by atoms with Gasteiger partial charge in [0.15, 0.2) is 17.9 Å². The lowest BCUT2D eigenvalue weighted by molar-refractivity contribution is -0.151. The van der Waals surface area contributed by atoms with E-state index >= 15 is 0 Å². The number of hydrogen-bond acceptors (Lipinski definition) is 9. The van der Waals surface area contributed by atoms with E-state index in [0.717, 1.165) is 12.8 Å². The molecule has 2 aliphatic rings. The second kappa shape index (κ2) is 10.7. The highest BCUT2D eigenvalue weighted by atomic mass is 16.7. The molecule has 182 valence electrons. The molecule has 2 aromatic carbocycles. The molecule has 0 unspecified atom stereocenters. The third-order valence-corrected chi connectivity index (χ3v) is 6.21. The number of hydrogen-bond donors (Lipinski definition) is 5. The van der Waals surface area contributed by atoms with E-state index in [9.17, 15) is 24.9 Å². The van der Waals surface area contributed by atoms with Crippen molar-refractivity contribution in [1.82, 2.24) is 0 Å². The van der Waals surface area contributed by atoms with Gasteiger partial charge in [-0.2, -0.15) is 0 Å². The minimum atomic E-state index is -1.47. The van der Waals surface area contributed by atoms with Crippen LogP contribution in [0, 0.1) is 0 Å². The van der Waals surface area contributed by atoms with Gasteiger partial charge in [0.1, 0.15) is 24.4 Å². The number of ether oxygens (including phenoxy) is 2. The highest BCUT2D eigenvalue weighted by Gasteiger charge is 2.46. The van der Waals surface area contributed by atoms with Gasteiger partial charge in [-0.1, -0.05) is 36.4 Å². The van der Waals surface area contributed by atoms with Gasteiger partial charge in [0, 0.05) is 35.5 Å². The van der Waals surface area contributed by atoms with Crippen molar-refractivity contribution in [3.63, 3.8) is 0 Å². The number of aliphatic hydroxyl groups excluding tert-OH is 4. The zero-order valence-electron chi connectivity index (χ0n) is 18.6. The Morgan fingerprint density at radius 2 is 1.65 bits per heavy atom. The maximum absolute atomic E-state index is 13.0. The second-order valence-electron chi connectivity index (χ2n) is 8.49. The van der Waals surface area contributed by atoms with E-state index < -0.39 is 37.3 Å². The number of carbonyl (C=O) groups is 2. The molecule has 1 aliphatic carbocycles. The highest BCUT2D eigenvalue weighted by molar-refractivity contribution is 6.30. The number of benzene rings is 2. The van der Waals surface area contributed by atoms with Crippen LogP contribution in [0.15, 0.2) is 42.5 Å². The van der Waals surface area contributed by atoms with Crippen LogP contribution >= 0.6 is 0 Å². The summed E-state index contributed by atoms with van der Waals surface area (Å²) in [6, 6.07) is 12.1. The first-order valence-electron chi connectivity index (χ1n) is 11.4. The molecule has 0 amide bonds. The predicted octanol–water partition coefficient (Wildman–Crippen LogP) is 0.861. The van der Waals surface area contributed by atoms with Crippen LogP contribution in [0.3, 0.4) is 0 Å². The Hall–Kier alpha value is -2.66. The van der Waals surface area contributed by atoms with Crippen molar-refractivity contribution in [2.24, 2.45) is 0 Å². The molecule has 1 saturated heterocycles. The maximum atomic E-state index is 13.0. The van der Waals surface area contributed by atoms with E-state index in [2.05, 4.69) is 5.32 Å². The Bertz CT molecular complexity index is 1040. The molecule has 9 heteroatoms. The van der Waals surface area contributed by atoms with Crippen LogP contribution in [0.4, 0.5) is 5.69 Å². The molecule has 34 heavy (non-hydrogen) atoms. The van der Waals surface area contributed by atoms with Crippen LogP contribution in [0.5, 0.6) is 0 Å². The van der Waals surface area contributed by atoms with Gasteiger partial charge in [-0.05, 0) is 25.3 Å². The number of anilines is 1. The summed E-state index contributed by atoms with van der Waals surface area (Å²) in [5.41, 5.74) is 2.27. The molecule has 1 heterocycles. The summed E-state index contributed by atoms with van der Waals surface area (Å²) in [5, 5.41) is 41.8. The molecule has 0 radical (unpaired) electrons. The average molecular weight is 472 g/mol. The van der Waals surface area contributed by atoms with Crippen LogP contribution in [-0.4, -0.2) is 82.5 Å². The first-order valence-corrected chi connectivity index (χ1v) is 11.4. The summed E-state index contributed by atoms with van der Waals surface area (Å²) < 4.78 is 10.7. The zero-order chi connectivity index (χ0) is 24.2. The van der Waals surface area contributed by atoms with Crippen molar-refractivity contribution < 1.29 is 39.5 Å². The largest absolute Gasteiger partial charge is 0.394 e. The van der Waals surface area contributed by atoms with Crippen molar-refractivity contribution in [2.45, 2.75) is 50.0 Å². The predicted molar refractivity (Wildman–Crippen MR) is 122 cm³/mol. The first-order chi connectivity index (χ1) is 16.4. The minimum absolute atomic E-state index is 0.154. The van der Waals surface area contributed by atoms with E-state index in [-0.39, 0.29) is 18.2 Å². The Morgan fingerprint density at radius 3 is 2.38 bits per heavy atom. The SMILES string of the molecule is O=C1c2ccccc2C(=O)c2c(NCCCCCO[C@@H]3[C@H](O)[C@H](O)O[C@@H]3[C@H](O)CO)cccc21. The third-order valence-electron chi connectivity index (χ3n) is 6.21. The number of fused-ring (bicyclic) bond motifs is 2. The Labute approximate surface area is 196 Å². The lowest BCUT2D eigenvalue weighted by Gasteiger charge is -2.23. The molecule has 2 aromatic rings. The van der Waals surface area contributed by atoms with E-state index in [4.69, 9.17) is 14.6 Å². The Morgan fingerprint density at radius 1 is 0.941 bits per heavy atom. The molecule has 0 bridgehead atoms. The van der Waals surface area contributed by atoms with Crippen LogP contribution in [0.2, 0.25) is 0 Å². The number of rotatable bonds is 10. The quantitative estimate of drug-likeness (QED) is 0.272. The topological polar surface area (TPSA) is 146 Å². The number of nitrogens with one attached hydrogen (secondary N) is 1. The van der Waals surface area contributed by atoms with Gasteiger partial charge in [-0.3, -0.25) is 9.59 Å². The van der Waals surface area contributed by atoms with E-state index in [0.29, 0.717) is 40.9 Å². The first kappa shape index (κ1) is 24.5. The zero-order valence-corrected chi connectivity index (χ0v) is 18.6. The smallest absolute Gasteiger partial charge is 0.196 e. The van der Waals surface area contributed by atoms with Crippen LogP contribution in [0.25, 0.3) is 0 Å². The number of aliphatic hydroxyl groups is 4. The molecule has 9 nitrogen and oxygen atoms in total. The standard InChI is InChI=1S/C25H29NO8/c27-13-18(28)23-24(22(31)25(32)34-23)33-12-5-1-4-11-26-17-10-6-9-16-19(17)21(30)15-8-3-2-7-14(15)20(16)29/h2-3,6-10,18,22-28,31-32H,1,4-5,11-13H2/t18-,22+,23-,24-,25-/m1/s1. The summed E-state index contributed by atoms with van der Waals surface area (Å²) in [5.74, 6) is -0.320. The highest BCUT2D eigenvalue weighted by Crippen LogP contribution is 2.32. The summed E-state index contributed by atoms with van der Waals surface area (Å²) >= 11 is 0. The monoisotopic (exact) mass is 471 g/mol. The molecule has 5 N–H and O–H groups in total. The summed E-state index contributed by atoms with van der Waals surface area (Å²) in [6.07, 6.45) is -3.79. The van der Waals surface area contributed by atoms with Gasteiger partial charge in [0.25, 0.3) is 0 Å². The fourth-order valence-corrected chi connectivity index (χ4v) is 4.42. The van der Waals surface area contributed by atoms with Crippen molar-refractivity contribution in [3.05, 3.63) is 64.7 Å². The molecule has 1 aliphatic heterocycles. The summed E-state index contributed by atoms with van der Waals surface area (Å²) in [7, 11) is 0. The normalized spacial score (nSPS) is 24.6. The van der Waals surface area contributed by atoms with Crippen molar-refractivity contribution >= 4 is 17.3 Å². The van der Waals surface area contributed by atoms with Gasteiger partial charge in [0.05, 0.1) is 12.2 Å². The minimum Gasteiger partial charge on any atom is -0.394 e. The van der Waals surface area contributed by atoms with Gasteiger partial charge in [-0.15, -0.1) is 0 Å². The summed E-state index contributed by atoms with van der Waals surface area (Å²) in [4.78, 5) is 25.9. The lowest BCUT2D eigenvalue weighted by atomic mass is 9.83. The molecule has 0 aromatic heterocycles. The molecule has 4 rings (SSSR count). The van der Waals surface area contributed by atoms with E-state index in [1.54, 1.807) is 42.5 Å². The molecule has 5 atom stereocenters. The number of carbonyl (C=O) groups excluding carboxylic acids is 2. The van der Waals surface area contributed by atoms with Gasteiger partial charge in [-0.25, -0.2) is 0 Å². The Balaban J connectivity index is 1.26. The lowest BCUT2D eigenvalue weighted by Crippen LogP contribution is -2.42.